The van der Waals surface area contributed by atoms with Crippen molar-refractivity contribution in [2.75, 3.05) is 5.32 Å². The summed E-state index contributed by atoms with van der Waals surface area (Å²) in [6.45, 7) is 5.90. The molecule has 1 unspecified atom stereocenters. The lowest BCUT2D eigenvalue weighted by molar-refractivity contribution is -0.115. The van der Waals surface area contributed by atoms with Crippen LogP contribution in [0, 0.1) is 5.82 Å². The maximum Gasteiger partial charge on any atom is 0.237 e. The molecule has 0 fully saturated rings. The van der Waals surface area contributed by atoms with Gasteiger partial charge < -0.3 is 10.1 Å². The second-order valence-corrected chi connectivity index (χ2v) is 8.46. The molecule has 3 aromatic rings. The van der Waals surface area contributed by atoms with Crippen molar-refractivity contribution in [1.29, 1.82) is 0 Å². The maximum absolute atomic E-state index is 13.8. The minimum atomic E-state index is -0.511. The SMILES string of the molecule is C=CCn1c(COc2ccccc2F)nnc1SC(C)C(=O)Nc1cccc(Cl)c1Cl. The highest BCUT2D eigenvalue weighted by atomic mass is 35.5. The summed E-state index contributed by atoms with van der Waals surface area (Å²) in [5.41, 5.74) is 0.429. The molecule has 31 heavy (non-hydrogen) atoms. The lowest BCUT2D eigenvalue weighted by Crippen LogP contribution is -2.23. The monoisotopic (exact) mass is 480 g/mol. The van der Waals surface area contributed by atoms with Crippen LogP contribution in [0.2, 0.25) is 10.0 Å². The van der Waals surface area contributed by atoms with Crippen LogP contribution in [0.4, 0.5) is 10.1 Å². The Morgan fingerprint density at radius 3 is 2.81 bits per heavy atom. The first kappa shape index (κ1) is 23.1. The highest BCUT2D eigenvalue weighted by Gasteiger charge is 2.21. The Bertz CT molecular complexity index is 1090. The molecule has 0 aliphatic carbocycles. The van der Waals surface area contributed by atoms with Gasteiger partial charge in [0.1, 0.15) is 6.61 Å². The number of amides is 1. The molecule has 0 aliphatic heterocycles. The Hall–Kier alpha value is -2.55. The average Bonchev–Trinajstić information content (AvgIpc) is 3.12. The number of anilines is 1. The number of thioether (sulfide) groups is 1. The Balaban J connectivity index is 1.70. The van der Waals surface area contributed by atoms with E-state index in [0.717, 1.165) is 0 Å². The number of halogens is 3. The number of allylic oxidation sites excluding steroid dienone is 1. The predicted molar refractivity (Wildman–Crippen MR) is 121 cm³/mol. The van der Waals surface area contributed by atoms with E-state index in [1.165, 1.54) is 23.9 Å². The number of nitrogens with one attached hydrogen (secondary N) is 1. The minimum Gasteiger partial charge on any atom is -0.483 e. The first-order valence-corrected chi connectivity index (χ1v) is 10.9. The van der Waals surface area contributed by atoms with Crippen molar-refractivity contribution in [1.82, 2.24) is 14.8 Å². The summed E-state index contributed by atoms with van der Waals surface area (Å²) in [5, 5.41) is 11.7. The topological polar surface area (TPSA) is 69.0 Å². The van der Waals surface area contributed by atoms with Gasteiger partial charge in [-0.1, -0.05) is 59.2 Å². The highest BCUT2D eigenvalue weighted by Crippen LogP contribution is 2.31. The zero-order valence-corrected chi connectivity index (χ0v) is 18.8. The molecule has 0 aliphatic rings. The van der Waals surface area contributed by atoms with Crippen molar-refractivity contribution in [2.45, 2.75) is 30.5 Å². The Kier molecular flexibility index (Phi) is 7.95. The number of hydrogen-bond acceptors (Lipinski definition) is 5. The predicted octanol–water partition coefficient (Wildman–Crippen LogP) is 5.61. The summed E-state index contributed by atoms with van der Waals surface area (Å²) in [6.07, 6.45) is 1.68. The van der Waals surface area contributed by atoms with Gasteiger partial charge in [0, 0.05) is 6.54 Å². The maximum atomic E-state index is 13.8. The molecule has 1 atom stereocenters. The van der Waals surface area contributed by atoms with E-state index >= 15 is 0 Å². The van der Waals surface area contributed by atoms with Crippen LogP contribution in [0.15, 0.2) is 60.3 Å². The molecule has 0 saturated heterocycles. The number of aromatic nitrogens is 3. The number of rotatable bonds is 9. The summed E-state index contributed by atoms with van der Waals surface area (Å²) < 4.78 is 21.1. The van der Waals surface area contributed by atoms with Gasteiger partial charge in [-0.05, 0) is 31.2 Å². The van der Waals surface area contributed by atoms with Gasteiger partial charge in [-0.15, -0.1) is 16.8 Å². The fourth-order valence-electron chi connectivity index (χ4n) is 2.58. The van der Waals surface area contributed by atoms with Crippen molar-refractivity contribution >= 4 is 46.6 Å². The number of ether oxygens (including phenoxy) is 1. The summed E-state index contributed by atoms with van der Waals surface area (Å²) in [4.78, 5) is 12.6. The molecule has 1 N–H and O–H groups in total. The third-order valence-corrected chi connectivity index (χ3v) is 6.06. The summed E-state index contributed by atoms with van der Waals surface area (Å²) in [6, 6.07) is 11.1. The fourth-order valence-corrected chi connectivity index (χ4v) is 3.80. The van der Waals surface area contributed by atoms with E-state index in [1.807, 2.05) is 0 Å². The second-order valence-electron chi connectivity index (χ2n) is 6.37. The van der Waals surface area contributed by atoms with Gasteiger partial charge in [-0.3, -0.25) is 9.36 Å². The van der Waals surface area contributed by atoms with Crippen LogP contribution in [0.25, 0.3) is 0 Å². The molecule has 2 aromatic carbocycles. The lowest BCUT2D eigenvalue weighted by Gasteiger charge is -2.14. The van der Waals surface area contributed by atoms with Crippen molar-refractivity contribution in [3.8, 4) is 5.75 Å². The van der Waals surface area contributed by atoms with Gasteiger partial charge in [0.25, 0.3) is 0 Å². The number of carbonyl (C=O) groups excluding carboxylic acids is 1. The molecule has 1 amide bonds. The first-order valence-electron chi connectivity index (χ1n) is 9.22. The Labute approximate surface area is 193 Å². The van der Waals surface area contributed by atoms with E-state index in [2.05, 4.69) is 22.1 Å². The van der Waals surface area contributed by atoms with Gasteiger partial charge in [0.2, 0.25) is 5.91 Å². The van der Waals surface area contributed by atoms with Crippen LogP contribution in [0.1, 0.15) is 12.7 Å². The van der Waals surface area contributed by atoms with Crippen LogP contribution in [-0.2, 0) is 17.9 Å². The fraction of sp³-hybridized carbons (Fsp3) is 0.190. The summed E-state index contributed by atoms with van der Waals surface area (Å²) >= 11 is 13.3. The number of para-hydroxylation sites is 1. The zero-order valence-electron chi connectivity index (χ0n) is 16.5. The van der Waals surface area contributed by atoms with Crippen LogP contribution in [0.5, 0.6) is 5.75 Å². The highest BCUT2D eigenvalue weighted by molar-refractivity contribution is 8.00. The quantitative estimate of drug-likeness (QED) is 0.318. The molecular weight excluding hydrogens is 462 g/mol. The molecule has 0 spiro atoms. The van der Waals surface area contributed by atoms with Crippen LogP contribution in [-0.4, -0.2) is 25.9 Å². The van der Waals surface area contributed by atoms with E-state index in [-0.39, 0.29) is 23.3 Å². The van der Waals surface area contributed by atoms with Gasteiger partial charge in [0.05, 0.1) is 21.0 Å². The van der Waals surface area contributed by atoms with E-state index in [0.29, 0.717) is 28.2 Å². The molecule has 0 saturated carbocycles. The van der Waals surface area contributed by atoms with E-state index in [1.54, 1.807) is 47.9 Å². The van der Waals surface area contributed by atoms with Gasteiger partial charge >= 0.3 is 0 Å². The summed E-state index contributed by atoms with van der Waals surface area (Å²) in [5.74, 6) is -0.129. The Morgan fingerprint density at radius 1 is 1.29 bits per heavy atom. The third kappa shape index (κ3) is 5.78. The number of nitrogens with zero attached hydrogens (tertiary/aromatic N) is 3. The Morgan fingerprint density at radius 2 is 2.06 bits per heavy atom. The molecule has 6 nitrogen and oxygen atoms in total. The molecular formula is C21H19Cl2FN4O2S. The zero-order chi connectivity index (χ0) is 22.4. The number of hydrogen-bond donors (Lipinski definition) is 1. The normalized spacial score (nSPS) is 11.7. The van der Waals surface area contributed by atoms with E-state index in [9.17, 15) is 9.18 Å². The molecule has 3 rings (SSSR count). The smallest absolute Gasteiger partial charge is 0.237 e. The van der Waals surface area contributed by atoms with Gasteiger partial charge in [0.15, 0.2) is 22.5 Å². The third-order valence-electron chi connectivity index (χ3n) is 4.16. The van der Waals surface area contributed by atoms with Crippen molar-refractivity contribution in [2.24, 2.45) is 0 Å². The molecule has 0 bridgehead atoms. The second kappa shape index (κ2) is 10.7. The largest absolute Gasteiger partial charge is 0.483 e. The molecule has 10 heteroatoms. The lowest BCUT2D eigenvalue weighted by atomic mass is 10.3. The molecule has 1 heterocycles. The van der Waals surface area contributed by atoms with Crippen LogP contribution >= 0.6 is 35.0 Å². The van der Waals surface area contributed by atoms with Crippen molar-refractivity contribution < 1.29 is 13.9 Å². The first-order chi connectivity index (χ1) is 14.9. The number of carbonyl (C=O) groups is 1. The van der Waals surface area contributed by atoms with Crippen molar-refractivity contribution in [3.05, 3.63) is 76.8 Å². The minimum absolute atomic E-state index is 0.0149. The van der Waals surface area contributed by atoms with E-state index in [4.69, 9.17) is 27.9 Å². The van der Waals surface area contributed by atoms with Crippen LogP contribution < -0.4 is 10.1 Å². The van der Waals surface area contributed by atoms with Crippen molar-refractivity contribution in [3.63, 3.8) is 0 Å². The van der Waals surface area contributed by atoms with Gasteiger partial charge in [-0.2, -0.15) is 0 Å². The molecule has 1 aromatic heterocycles. The van der Waals surface area contributed by atoms with Gasteiger partial charge in [-0.25, -0.2) is 4.39 Å². The van der Waals surface area contributed by atoms with Crippen LogP contribution in [0.3, 0.4) is 0 Å². The number of benzene rings is 2. The molecule has 0 radical (unpaired) electrons. The average molecular weight is 481 g/mol. The summed E-state index contributed by atoms with van der Waals surface area (Å²) in [7, 11) is 0. The standard InChI is InChI=1S/C21H19Cl2FN4O2S/c1-3-11-28-18(12-30-17-10-5-4-8-15(17)24)26-27-21(28)31-13(2)20(29)25-16-9-6-7-14(22)19(16)23/h3-10,13H,1,11-12H2,2H3,(H,25,29). The van der Waals surface area contributed by atoms with E-state index < -0.39 is 11.1 Å². The molecule has 162 valence electrons.